The Labute approximate surface area is 223 Å². The first-order chi connectivity index (χ1) is 19.0. The molecule has 4 N–H and O–H groups in total. The van der Waals surface area contributed by atoms with Crippen molar-refractivity contribution in [3.8, 4) is 28.1 Å². The molecule has 3 heterocycles. The number of anilines is 1. The van der Waals surface area contributed by atoms with Gasteiger partial charge in [-0.3, -0.25) is 9.36 Å². The van der Waals surface area contributed by atoms with E-state index in [1.165, 1.54) is 10.6 Å². The molecule has 3 aromatic carbocycles. The number of H-pyrrole nitrogens is 1. The molecule has 0 unspecified atom stereocenters. The maximum Gasteiger partial charge on any atom is 0.265 e. The van der Waals surface area contributed by atoms with Gasteiger partial charge >= 0.3 is 0 Å². The molecule has 0 bridgehead atoms. The number of hydrogen-bond acceptors (Lipinski definition) is 4. The van der Waals surface area contributed by atoms with Crippen molar-refractivity contribution in [2.75, 3.05) is 5.73 Å². The third kappa shape index (κ3) is 3.90. The molecule has 0 saturated heterocycles. The topological polar surface area (TPSA) is 96.9 Å². The fraction of sp³-hybridized carbons (Fsp3) is 0.125. The Hall–Kier alpha value is -4.75. The molecule has 0 aliphatic heterocycles. The number of nitrogens with zero attached hydrogens (tertiary/aromatic N) is 2. The standard InChI is InChI=1S/C32H25FN4O2/c33-27-15-21(18-7-8-18)13-20-10-12-37(32(39)30(20)27)29-6-2-5-23(26(29)17-38)24-9-11-35-31-25(24)16-28(36-31)19-3-1-4-22(34)14-19/h1-6,9-16,18,38H,7-8,17,34H2,(H,35,36). The molecule has 192 valence electrons. The Kier molecular flexibility index (Phi) is 5.35. The Morgan fingerprint density at radius 1 is 1.03 bits per heavy atom. The molecular weight excluding hydrogens is 491 g/mol. The van der Waals surface area contributed by atoms with Crippen LogP contribution < -0.4 is 11.3 Å². The van der Waals surface area contributed by atoms with Crippen molar-refractivity contribution >= 4 is 27.5 Å². The second kappa shape index (κ2) is 8.92. The number of aromatic nitrogens is 3. The van der Waals surface area contributed by atoms with E-state index in [9.17, 15) is 9.90 Å². The van der Waals surface area contributed by atoms with Gasteiger partial charge in [-0.2, -0.15) is 0 Å². The van der Waals surface area contributed by atoms with Gasteiger partial charge in [0.15, 0.2) is 0 Å². The van der Waals surface area contributed by atoms with Crippen molar-refractivity contribution in [1.29, 1.82) is 0 Å². The molecule has 0 radical (unpaired) electrons. The lowest BCUT2D eigenvalue weighted by molar-refractivity contribution is 0.282. The van der Waals surface area contributed by atoms with E-state index >= 15 is 4.39 Å². The van der Waals surface area contributed by atoms with Gasteiger partial charge in [-0.25, -0.2) is 9.37 Å². The predicted octanol–water partition coefficient (Wildman–Crippen LogP) is 6.29. The van der Waals surface area contributed by atoms with Gasteiger partial charge in [-0.15, -0.1) is 0 Å². The van der Waals surface area contributed by atoms with Crippen LogP contribution in [0.25, 0.3) is 49.9 Å². The number of nitrogen functional groups attached to an aromatic ring is 1. The van der Waals surface area contributed by atoms with E-state index in [0.29, 0.717) is 33.9 Å². The summed E-state index contributed by atoms with van der Waals surface area (Å²) in [6.07, 6.45) is 5.48. The fourth-order valence-corrected chi connectivity index (χ4v) is 5.53. The average Bonchev–Trinajstić information content (AvgIpc) is 3.70. The highest BCUT2D eigenvalue weighted by atomic mass is 19.1. The Morgan fingerprint density at radius 2 is 1.87 bits per heavy atom. The lowest BCUT2D eigenvalue weighted by Gasteiger charge is -2.16. The van der Waals surface area contributed by atoms with Crippen LogP contribution in [0, 0.1) is 5.82 Å². The summed E-state index contributed by atoms with van der Waals surface area (Å²) in [5, 5.41) is 12.1. The van der Waals surface area contributed by atoms with Crippen molar-refractivity contribution in [2.24, 2.45) is 0 Å². The summed E-state index contributed by atoms with van der Waals surface area (Å²) in [4.78, 5) is 21.4. The molecule has 7 heteroatoms. The largest absolute Gasteiger partial charge is 0.399 e. The van der Waals surface area contributed by atoms with E-state index in [-0.39, 0.29) is 12.0 Å². The second-order valence-electron chi connectivity index (χ2n) is 10.1. The summed E-state index contributed by atoms with van der Waals surface area (Å²) in [6, 6.07) is 22.2. The number of fused-ring (bicyclic) bond motifs is 2. The molecule has 0 atom stereocenters. The number of aromatic amines is 1. The molecule has 3 aromatic heterocycles. The molecule has 7 rings (SSSR count). The molecule has 39 heavy (non-hydrogen) atoms. The summed E-state index contributed by atoms with van der Waals surface area (Å²) in [6.45, 7) is -0.310. The Bertz CT molecular complexity index is 1970. The van der Waals surface area contributed by atoms with Gasteiger partial charge in [0.25, 0.3) is 5.56 Å². The van der Waals surface area contributed by atoms with Crippen molar-refractivity contribution in [3.05, 3.63) is 112 Å². The third-order valence-electron chi connectivity index (χ3n) is 7.62. The first-order valence-corrected chi connectivity index (χ1v) is 12.9. The van der Waals surface area contributed by atoms with E-state index in [1.54, 1.807) is 24.5 Å². The van der Waals surface area contributed by atoms with Gasteiger partial charge in [-0.05, 0) is 83.3 Å². The lowest BCUT2D eigenvalue weighted by Crippen LogP contribution is -2.20. The molecule has 6 nitrogen and oxygen atoms in total. The number of hydrogen-bond donors (Lipinski definition) is 3. The number of benzene rings is 3. The molecule has 0 spiro atoms. The first-order valence-electron chi connectivity index (χ1n) is 12.9. The van der Waals surface area contributed by atoms with Gasteiger partial charge in [0.05, 0.1) is 17.7 Å². The fourth-order valence-electron chi connectivity index (χ4n) is 5.53. The minimum atomic E-state index is -0.507. The summed E-state index contributed by atoms with van der Waals surface area (Å²) in [5.41, 5.74) is 12.3. The first kappa shape index (κ1) is 23.4. The monoisotopic (exact) mass is 516 g/mol. The minimum absolute atomic E-state index is 0.0555. The highest BCUT2D eigenvalue weighted by Crippen LogP contribution is 2.41. The minimum Gasteiger partial charge on any atom is -0.399 e. The zero-order valence-corrected chi connectivity index (χ0v) is 21.0. The Morgan fingerprint density at radius 3 is 2.67 bits per heavy atom. The highest BCUT2D eigenvalue weighted by molar-refractivity contribution is 5.97. The van der Waals surface area contributed by atoms with Crippen molar-refractivity contribution in [2.45, 2.75) is 25.4 Å². The second-order valence-corrected chi connectivity index (χ2v) is 10.1. The highest BCUT2D eigenvalue weighted by Gasteiger charge is 2.25. The van der Waals surface area contributed by atoms with Crippen molar-refractivity contribution < 1.29 is 9.50 Å². The summed E-state index contributed by atoms with van der Waals surface area (Å²) >= 11 is 0. The van der Waals surface area contributed by atoms with Crippen LogP contribution in [0.1, 0.15) is 29.9 Å². The van der Waals surface area contributed by atoms with Crippen LogP contribution in [0.15, 0.2) is 90.0 Å². The quantitative estimate of drug-likeness (QED) is 0.235. The van der Waals surface area contributed by atoms with Crippen molar-refractivity contribution in [3.63, 3.8) is 0 Å². The van der Waals surface area contributed by atoms with Crippen LogP contribution in [-0.2, 0) is 6.61 Å². The maximum absolute atomic E-state index is 15.2. The van der Waals surface area contributed by atoms with Crippen LogP contribution in [0.2, 0.25) is 0 Å². The van der Waals surface area contributed by atoms with E-state index in [4.69, 9.17) is 5.73 Å². The predicted molar refractivity (Wildman–Crippen MR) is 152 cm³/mol. The third-order valence-corrected chi connectivity index (χ3v) is 7.62. The number of pyridine rings is 2. The van der Waals surface area contributed by atoms with E-state index in [2.05, 4.69) is 9.97 Å². The molecular formula is C32H25FN4O2. The summed E-state index contributed by atoms with van der Waals surface area (Å²) < 4.78 is 16.6. The van der Waals surface area contributed by atoms with Gasteiger partial charge in [-0.1, -0.05) is 30.3 Å². The van der Waals surface area contributed by atoms with Crippen LogP contribution in [0.5, 0.6) is 0 Å². The van der Waals surface area contributed by atoms with E-state index < -0.39 is 11.4 Å². The van der Waals surface area contributed by atoms with Gasteiger partial charge in [0.2, 0.25) is 0 Å². The zero-order valence-electron chi connectivity index (χ0n) is 21.0. The van der Waals surface area contributed by atoms with E-state index in [0.717, 1.165) is 46.2 Å². The zero-order chi connectivity index (χ0) is 26.7. The van der Waals surface area contributed by atoms with Gasteiger partial charge in [0.1, 0.15) is 11.5 Å². The number of nitrogens with one attached hydrogen (secondary N) is 1. The van der Waals surface area contributed by atoms with Crippen LogP contribution in [0.3, 0.4) is 0 Å². The number of halogens is 1. The normalized spacial score (nSPS) is 13.4. The summed E-state index contributed by atoms with van der Waals surface area (Å²) in [7, 11) is 0. The van der Waals surface area contributed by atoms with Gasteiger partial charge in [0, 0.05) is 40.3 Å². The maximum atomic E-state index is 15.2. The molecule has 1 aliphatic rings. The smallest absolute Gasteiger partial charge is 0.265 e. The number of aliphatic hydroxyl groups excluding tert-OH is 1. The lowest BCUT2D eigenvalue weighted by atomic mass is 9.96. The molecule has 1 aliphatic carbocycles. The van der Waals surface area contributed by atoms with Crippen LogP contribution >= 0.6 is 0 Å². The molecule has 0 amide bonds. The molecule has 6 aromatic rings. The molecule has 1 saturated carbocycles. The summed E-state index contributed by atoms with van der Waals surface area (Å²) in [5.74, 6) is -0.123. The van der Waals surface area contributed by atoms with Crippen LogP contribution in [-0.4, -0.2) is 19.6 Å². The van der Waals surface area contributed by atoms with Crippen molar-refractivity contribution in [1.82, 2.24) is 14.5 Å². The van der Waals surface area contributed by atoms with Gasteiger partial charge < -0.3 is 15.8 Å². The Balaban J connectivity index is 1.39. The number of aliphatic hydroxyl groups is 1. The van der Waals surface area contributed by atoms with Crippen LogP contribution in [0.4, 0.5) is 10.1 Å². The van der Waals surface area contributed by atoms with E-state index in [1.807, 2.05) is 54.6 Å². The molecule has 1 fully saturated rings. The average molecular weight is 517 g/mol. The SMILES string of the molecule is Nc1cccc(-c2cc3c(-c4cccc(-n5ccc6cc(C7CC7)cc(F)c6c5=O)c4CO)ccnc3[nH]2)c1. The number of rotatable bonds is 5. The number of nitrogens with two attached hydrogens (primary N) is 1.